The van der Waals surface area contributed by atoms with Gasteiger partial charge in [-0.2, -0.15) is 0 Å². The lowest BCUT2D eigenvalue weighted by atomic mass is 10.1. The minimum Gasteiger partial charge on any atom is -0.454 e. The fraction of sp³-hybridized carbons (Fsp3) is 0.143. The van der Waals surface area contributed by atoms with E-state index in [4.69, 9.17) is 21.7 Å². The number of thiocarbonyl (C=S) groups is 1. The largest absolute Gasteiger partial charge is 0.454 e. The number of aromatic nitrogens is 2. The minimum atomic E-state index is -0.265. The highest BCUT2D eigenvalue weighted by molar-refractivity contribution is 8.26. The van der Waals surface area contributed by atoms with Gasteiger partial charge in [-0.15, -0.1) is 0 Å². The van der Waals surface area contributed by atoms with Gasteiger partial charge in [-0.25, -0.2) is 4.98 Å². The van der Waals surface area contributed by atoms with Gasteiger partial charge >= 0.3 is 0 Å². The summed E-state index contributed by atoms with van der Waals surface area (Å²) < 4.78 is 12.7. The first-order valence-electron chi connectivity index (χ1n) is 12.0. The lowest BCUT2D eigenvalue weighted by molar-refractivity contribution is -0.122. The van der Waals surface area contributed by atoms with Crippen LogP contribution in [0.4, 0.5) is 5.82 Å². The Kier molecular flexibility index (Phi) is 6.57. The van der Waals surface area contributed by atoms with Crippen molar-refractivity contribution >= 4 is 51.7 Å². The van der Waals surface area contributed by atoms with Crippen LogP contribution in [0.5, 0.6) is 11.5 Å². The number of amides is 1. The van der Waals surface area contributed by atoms with Crippen LogP contribution in [0.3, 0.4) is 0 Å². The third kappa shape index (κ3) is 4.75. The van der Waals surface area contributed by atoms with Gasteiger partial charge < -0.3 is 14.8 Å². The van der Waals surface area contributed by atoms with E-state index in [1.54, 1.807) is 24.4 Å². The van der Waals surface area contributed by atoms with Gasteiger partial charge in [0.1, 0.15) is 15.8 Å². The number of nitrogens with one attached hydrogen (secondary N) is 1. The van der Waals surface area contributed by atoms with Crippen LogP contribution in [-0.4, -0.2) is 37.8 Å². The summed E-state index contributed by atoms with van der Waals surface area (Å²) in [6.45, 7) is 1.04. The van der Waals surface area contributed by atoms with E-state index in [-0.39, 0.29) is 24.8 Å². The van der Waals surface area contributed by atoms with Crippen molar-refractivity contribution in [2.75, 3.05) is 18.7 Å². The van der Waals surface area contributed by atoms with Crippen molar-refractivity contribution in [2.24, 2.45) is 0 Å². The summed E-state index contributed by atoms with van der Waals surface area (Å²) in [5.74, 6) is 1.49. The molecule has 0 aliphatic carbocycles. The molecule has 0 radical (unpaired) electrons. The number of ether oxygens (including phenoxy) is 2. The number of nitrogens with zero attached hydrogens (tertiary/aromatic N) is 3. The molecule has 1 saturated heterocycles. The highest BCUT2D eigenvalue weighted by Gasteiger charge is 2.33. The zero-order chi connectivity index (χ0) is 26.1. The first-order chi connectivity index (χ1) is 18.6. The second kappa shape index (κ2) is 10.3. The molecule has 2 aromatic carbocycles. The highest BCUT2D eigenvalue weighted by Crippen LogP contribution is 2.36. The van der Waals surface area contributed by atoms with Crippen molar-refractivity contribution in [3.05, 3.63) is 105 Å². The molecule has 1 fully saturated rings. The Bertz CT molecular complexity index is 1650. The van der Waals surface area contributed by atoms with Gasteiger partial charge in [-0.1, -0.05) is 66.4 Å². The molecule has 10 heteroatoms. The maximum atomic E-state index is 13.5. The number of carbonyl (C=O) groups excluding carboxylic acids is 1. The molecule has 0 spiro atoms. The van der Waals surface area contributed by atoms with Crippen LogP contribution in [-0.2, 0) is 17.8 Å². The van der Waals surface area contributed by atoms with Gasteiger partial charge in [0, 0.05) is 12.7 Å². The summed E-state index contributed by atoms with van der Waals surface area (Å²) in [4.78, 5) is 33.5. The lowest BCUT2D eigenvalue weighted by Gasteiger charge is -2.15. The van der Waals surface area contributed by atoms with E-state index in [9.17, 15) is 9.59 Å². The number of benzene rings is 2. The summed E-state index contributed by atoms with van der Waals surface area (Å²) in [5, 5.41) is 3.31. The van der Waals surface area contributed by atoms with E-state index in [2.05, 4.69) is 22.4 Å². The molecule has 4 heterocycles. The zero-order valence-electron chi connectivity index (χ0n) is 20.1. The highest BCUT2D eigenvalue weighted by atomic mass is 32.2. The number of anilines is 1. The molecular formula is C28H22N4O4S2. The van der Waals surface area contributed by atoms with Gasteiger partial charge in [0.05, 0.1) is 17.0 Å². The number of hydrogen-bond donors (Lipinski definition) is 1. The standard InChI is InChI=1S/C28H22N4O4S2/c33-26-20(25(30-24-8-4-5-13-31(24)26)29-12-11-18-6-2-1-3-7-18)15-23-27(34)32(28(37)38-23)16-19-9-10-21-22(14-19)36-17-35-21/h1-10,13-15,29H,11-12,16-17H2/b23-15+. The van der Waals surface area contributed by atoms with Crippen molar-refractivity contribution in [3.8, 4) is 11.5 Å². The van der Waals surface area contributed by atoms with Gasteiger partial charge in [-0.3, -0.25) is 18.9 Å². The van der Waals surface area contributed by atoms with Gasteiger partial charge in [0.25, 0.3) is 11.5 Å². The Hall–Kier alpha value is -4.15. The van der Waals surface area contributed by atoms with E-state index < -0.39 is 0 Å². The van der Waals surface area contributed by atoms with E-state index in [0.717, 1.165) is 12.0 Å². The molecule has 6 rings (SSSR count). The number of rotatable bonds is 7. The topological polar surface area (TPSA) is 85.2 Å². The van der Waals surface area contributed by atoms with E-state index in [0.29, 0.717) is 44.3 Å². The number of pyridine rings is 1. The fourth-order valence-corrected chi connectivity index (χ4v) is 5.56. The smallest absolute Gasteiger partial charge is 0.267 e. The Morgan fingerprint density at radius 3 is 2.68 bits per heavy atom. The molecule has 0 bridgehead atoms. The second-order valence-corrected chi connectivity index (χ2v) is 10.4. The summed E-state index contributed by atoms with van der Waals surface area (Å²) in [6.07, 6.45) is 4.02. The molecule has 2 aliphatic heterocycles. The summed E-state index contributed by atoms with van der Waals surface area (Å²) >= 11 is 6.71. The molecule has 190 valence electrons. The first-order valence-corrected chi connectivity index (χ1v) is 13.2. The van der Waals surface area contributed by atoms with Crippen molar-refractivity contribution in [2.45, 2.75) is 13.0 Å². The molecule has 2 aliphatic rings. The van der Waals surface area contributed by atoms with E-state index >= 15 is 0 Å². The van der Waals surface area contributed by atoms with E-state index in [1.807, 2.05) is 42.5 Å². The maximum Gasteiger partial charge on any atom is 0.267 e. The fourth-order valence-electron chi connectivity index (χ4n) is 4.33. The second-order valence-electron chi connectivity index (χ2n) is 8.73. The van der Waals surface area contributed by atoms with Gasteiger partial charge in [0.2, 0.25) is 6.79 Å². The van der Waals surface area contributed by atoms with Crippen molar-refractivity contribution in [3.63, 3.8) is 0 Å². The Morgan fingerprint density at radius 1 is 1.00 bits per heavy atom. The molecule has 1 amide bonds. The molecule has 4 aromatic rings. The Balaban J connectivity index is 1.29. The monoisotopic (exact) mass is 542 g/mol. The first kappa shape index (κ1) is 24.2. The molecule has 1 N–H and O–H groups in total. The maximum absolute atomic E-state index is 13.5. The molecule has 8 nitrogen and oxygen atoms in total. The van der Waals surface area contributed by atoms with Crippen LogP contribution in [0.25, 0.3) is 11.7 Å². The van der Waals surface area contributed by atoms with Gasteiger partial charge in [-0.05, 0) is 47.9 Å². The van der Waals surface area contributed by atoms with Crippen LogP contribution in [0, 0.1) is 0 Å². The minimum absolute atomic E-state index is 0.180. The third-order valence-corrected chi connectivity index (χ3v) is 7.62. The van der Waals surface area contributed by atoms with E-state index in [1.165, 1.54) is 26.6 Å². The van der Waals surface area contributed by atoms with Crippen molar-refractivity contribution in [1.29, 1.82) is 0 Å². The predicted molar refractivity (Wildman–Crippen MR) is 151 cm³/mol. The lowest BCUT2D eigenvalue weighted by Crippen LogP contribution is -2.27. The third-order valence-electron chi connectivity index (χ3n) is 6.24. The zero-order valence-corrected chi connectivity index (χ0v) is 21.8. The number of carbonyl (C=O) groups is 1. The normalized spacial score (nSPS) is 15.6. The number of thioether (sulfide) groups is 1. The summed E-state index contributed by atoms with van der Waals surface area (Å²) in [5.41, 5.74) is 2.60. The average Bonchev–Trinajstić information content (AvgIpc) is 3.51. The molecule has 2 aromatic heterocycles. The molecule has 38 heavy (non-hydrogen) atoms. The van der Waals surface area contributed by atoms with Crippen molar-refractivity contribution in [1.82, 2.24) is 14.3 Å². The number of hydrogen-bond acceptors (Lipinski definition) is 8. The van der Waals surface area contributed by atoms with Crippen LogP contribution < -0.4 is 20.3 Å². The molecule has 0 unspecified atom stereocenters. The Morgan fingerprint density at radius 2 is 1.82 bits per heavy atom. The van der Waals surface area contributed by atoms with Crippen LogP contribution in [0.1, 0.15) is 16.7 Å². The number of fused-ring (bicyclic) bond motifs is 2. The molecule has 0 atom stereocenters. The molecule has 0 saturated carbocycles. The van der Waals surface area contributed by atoms with Crippen LogP contribution >= 0.6 is 24.0 Å². The molecular weight excluding hydrogens is 520 g/mol. The van der Waals surface area contributed by atoms with Crippen molar-refractivity contribution < 1.29 is 14.3 Å². The van der Waals surface area contributed by atoms with Gasteiger partial charge in [0.15, 0.2) is 11.5 Å². The Labute approximate surface area is 227 Å². The van der Waals surface area contributed by atoms with Crippen LogP contribution in [0.2, 0.25) is 0 Å². The quantitative estimate of drug-likeness (QED) is 0.270. The average molecular weight is 543 g/mol. The summed E-state index contributed by atoms with van der Waals surface area (Å²) in [7, 11) is 0. The SMILES string of the molecule is O=C1/C(=C\c2c(NCCc3ccccc3)nc3ccccn3c2=O)SC(=S)N1Cc1ccc2c(c1)OCO2. The van der Waals surface area contributed by atoms with Crippen LogP contribution in [0.15, 0.2) is 82.6 Å². The summed E-state index contributed by atoms with van der Waals surface area (Å²) in [6, 6.07) is 21.0. The predicted octanol–water partition coefficient (Wildman–Crippen LogP) is 4.48.